The van der Waals surface area contributed by atoms with Crippen LogP contribution in [-0.2, 0) is 0 Å². The van der Waals surface area contributed by atoms with Crippen LogP contribution in [0.1, 0.15) is 24.2 Å². The number of aromatic nitrogens is 1. The summed E-state index contributed by atoms with van der Waals surface area (Å²) in [5.74, 6) is 0.571. The molecule has 2 aromatic carbocycles. The quantitative estimate of drug-likeness (QED) is 0.459. The van der Waals surface area contributed by atoms with Gasteiger partial charge >= 0.3 is 0 Å². The van der Waals surface area contributed by atoms with Gasteiger partial charge in [0.1, 0.15) is 5.75 Å². The second-order valence-corrected chi connectivity index (χ2v) is 7.77. The average molecular weight is 454 g/mol. The summed E-state index contributed by atoms with van der Waals surface area (Å²) in [5.41, 5.74) is 1.42. The third kappa shape index (κ3) is 5.60. The van der Waals surface area contributed by atoms with E-state index in [1.165, 1.54) is 11.3 Å². The number of halogens is 2. The third-order valence-electron chi connectivity index (χ3n) is 4.67. The Kier molecular flexibility index (Phi) is 8.71. The number of likely N-dealkylation sites (N-methyl/N-ethyl adjacent to an activating group) is 1. The number of thiazole rings is 1. The molecule has 3 aromatic rings. The number of nitrogens with zero attached hydrogens (tertiary/aromatic N) is 3. The smallest absolute Gasteiger partial charge is 0.260 e. The summed E-state index contributed by atoms with van der Waals surface area (Å²) in [6, 6.07) is 12.8. The molecular weight excluding hydrogens is 429 g/mol. The Labute approximate surface area is 186 Å². The van der Waals surface area contributed by atoms with Crippen molar-refractivity contribution in [1.29, 1.82) is 0 Å². The van der Waals surface area contributed by atoms with Crippen LogP contribution >= 0.6 is 35.3 Å². The molecule has 1 amide bonds. The second kappa shape index (κ2) is 10.8. The maximum Gasteiger partial charge on any atom is 0.260 e. The molecule has 0 aliphatic rings. The van der Waals surface area contributed by atoms with Crippen LogP contribution in [0.15, 0.2) is 42.5 Å². The largest absolute Gasteiger partial charge is 0.497 e. The molecule has 1 heterocycles. The normalized spacial score (nSPS) is 10.8. The fraction of sp³-hybridized carbons (Fsp3) is 0.333. The molecule has 156 valence electrons. The van der Waals surface area contributed by atoms with Gasteiger partial charge in [0.2, 0.25) is 0 Å². The molecule has 3 rings (SSSR count). The molecule has 0 saturated carbocycles. The first-order valence-corrected chi connectivity index (χ1v) is 10.5. The molecule has 0 radical (unpaired) electrons. The van der Waals surface area contributed by atoms with Crippen molar-refractivity contribution in [3.05, 3.63) is 53.1 Å². The number of ether oxygens (including phenoxy) is 1. The maximum atomic E-state index is 13.3. The number of hydrogen-bond acceptors (Lipinski definition) is 5. The monoisotopic (exact) mass is 453 g/mol. The van der Waals surface area contributed by atoms with Crippen LogP contribution in [-0.4, -0.2) is 49.1 Å². The van der Waals surface area contributed by atoms with Crippen LogP contribution in [0.5, 0.6) is 5.75 Å². The lowest BCUT2D eigenvalue weighted by Gasteiger charge is -2.24. The van der Waals surface area contributed by atoms with Gasteiger partial charge in [-0.25, -0.2) is 4.98 Å². The van der Waals surface area contributed by atoms with E-state index < -0.39 is 0 Å². The van der Waals surface area contributed by atoms with Gasteiger partial charge in [0.15, 0.2) is 5.13 Å². The predicted octanol–water partition coefficient (Wildman–Crippen LogP) is 5.37. The molecule has 0 spiro atoms. The van der Waals surface area contributed by atoms with Crippen molar-refractivity contribution in [2.24, 2.45) is 0 Å². The van der Waals surface area contributed by atoms with E-state index in [2.05, 4.69) is 23.7 Å². The zero-order valence-corrected chi connectivity index (χ0v) is 19.1. The lowest BCUT2D eigenvalue weighted by atomic mass is 10.2. The van der Waals surface area contributed by atoms with Crippen LogP contribution in [0.2, 0.25) is 5.02 Å². The summed E-state index contributed by atoms with van der Waals surface area (Å²) >= 11 is 7.60. The van der Waals surface area contributed by atoms with Gasteiger partial charge in [-0.2, -0.15) is 0 Å². The first-order valence-electron chi connectivity index (χ1n) is 9.30. The number of carbonyl (C=O) groups excluding carboxylic acids is 1. The highest BCUT2D eigenvalue weighted by molar-refractivity contribution is 7.22. The van der Waals surface area contributed by atoms with Gasteiger partial charge in [-0.05, 0) is 49.5 Å². The van der Waals surface area contributed by atoms with Gasteiger partial charge in [-0.3, -0.25) is 9.69 Å². The van der Waals surface area contributed by atoms with Gasteiger partial charge in [0, 0.05) is 23.7 Å². The molecule has 0 atom stereocenters. The van der Waals surface area contributed by atoms with Crippen molar-refractivity contribution in [2.45, 2.75) is 13.8 Å². The molecule has 0 fully saturated rings. The minimum Gasteiger partial charge on any atom is -0.497 e. The number of benzene rings is 2. The van der Waals surface area contributed by atoms with Gasteiger partial charge in [-0.15, -0.1) is 12.4 Å². The van der Waals surface area contributed by atoms with E-state index in [1.807, 2.05) is 30.3 Å². The van der Waals surface area contributed by atoms with E-state index >= 15 is 0 Å². The fourth-order valence-corrected chi connectivity index (χ4v) is 4.25. The molecule has 0 N–H and O–H groups in total. The Morgan fingerprint density at radius 1 is 1.14 bits per heavy atom. The van der Waals surface area contributed by atoms with Gasteiger partial charge in [0.25, 0.3) is 5.91 Å². The third-order valence-corrected chi connectivity index (χ3v) is 5.94. The molecule has 5 nitrogen and oxygen atoms in total. The molecule has 0 aliphatic carbocycles. The predicted molar refractivity (Wildman–Crippen MR) is 124 cm³/mol. The van der Waals surface area contributed by atoms with Gasteiger partial charge in [-0.1, -0.05) is 42.9 Å². The molecule has 0 unspecified atom stereocenters. The molecule has 0 saturated heterocycles. The Hall–Kier alpha value is -1.86. The lowest BCUT2D eigenvalue weighted by Crippen LogP contribution is -2.38. The van der Waals surface area contributed by atoms with E-state index in [4.69, 9.17) is 16.3 Å². The van der Waals surface area contributed by atoms with E-state index in [1.54, 1.807) is 24.1 Å². The van der Waals surface area contributed by atoms with E-state index in [9.17, 15) is 4.79 Å². The Morgan fingerprint density at radius 2 is 1.90 bits per heavy atom. The number of methoxy groups -OCH3 is 1. The summed E-state index contributed by atoms with van der Waals surface area (Å²) in [6.45, 7) is 7.46. The Balaban J connectivity index is 0.00000300. The highest BCUT2D eigenvalue weighted by Crippen LogP contribution is 2.31. The van der Waals surface area contributed by atoms with Crippen LogP contribution in [0.4, 0.5) is 5.13 Å². The van der Waals surface area contributed by atoms with Crippen molar-refractivity contribution >= 4 is 56.6 Å². The minimum absolute atomic E-state index is 0. The first kappa shape index (κ1) is 23.4. The number of rotatable bonds is 8. The molecule has 8 heteroatoms. The topological polar surface area (TPSA) is 45.7 Å². The van der Waals surface area contributed by atoms with E-state index in [0.717, 1.165) is 29.9 Å². The summed E-state index contributed by atoms with van der Waals surface area (Å²) in [5, 5.41) is 1.34. The fourth-order valence-electron chi connectivity index (χ4n) is 2.98. The van der Waals surface area contributed by atoms with Crippen molar-refractivity contribution in [3.63, 3.8) is 0 Å². The van der Waals surface area contributed by atoms with Crippen LogP contribution in [0, 0.1) is 0 Å². The average Bonchev–Trinajstić information content (AvgIpc) is 3.13. The first-order chi connectivity index (χ1) is 13.5. The molecule has 0 bridgehead atoms. The SMILES string of the molecule is CCN(CC)CCN(C(=O)c1cccc(OC)c1)c1nc2ccc(Cl)cc2s1.Cl. The van der Waals surface area contributed by atoms with Crippen LogP contribution in [0.3, 0.4) is 0 Å². The zero-order chi connectivity index (χ0) is 20.1. The molecule has 1 aromatic heterocycles. The number of carbonyl (C=O) groups is 1. The van der Waals surface area contributed by atoms with E-state index in [0.29, 0.717) is 28.0 Å². The highest BCUT2D eigenvalue weighted by Gasteiger charge is 2.22. The van der Waals surface area contributed by atoms with Crippen molar-refractivity contribution in [1.82, 2.24) is 9.88 Å². The van der Waals surface area contributed by atoms with E-state index in [-0.39, 0.29) is 18.3 Å². The van der Waals surface area contributed by atoms with Crippen molar-refractivity contribution in [2.75, 3.05) is 38.2 Å². The highest BCUT2D eigenvalue weighted by atomic mass is 35.5. The van der Waals surface area contributed by atoms with Crippen molar-refractivity contribution < 1.29 is 9.53 Å². The summed E-state index contributed by atoms with van der Waals surface area (Å²) in [4.78, 5) is 22.1. The summed E-state index contributed by atoms with van der Waals surface area (Å²) < 4.78 is 6.24. The minimum atomic E-state index is -0.0868. The summed E-state index contributed by atoms with van der Waals surface area (Å²) in [7, 11) is 1.60. The molecule has 29 heavy (non-hydrogen) atoms. The number of anilines is 1. The number of amides is 1. The van der Waals surface area contributed by atoms with Gasteiger partial charge < -0.3 is 9.64 Å². The summed E-state index contributed by atoms with van der Waals surface area (Å²) in [6.07, 6.45) is 0. The number of hydrogen-bond donors (Lipinski definition) is 0. The van der Waals surface area contributed by atoms with Crippen LogP contribution in [0.25, 0.3) is 10.2 Å². The number of fused-ring (bicyclic) bond motifs is 1. The van der Waals surface area contributed by atoms with Gasteiger partial charge in [0.05, 0.1) is 17.3 Å². The van der Waals surface area contributed by atoms with Crippen molar-refractivity contribution in [3.8, 4) is 5.75 Å². The molecular formula is C21H25Cl2N3O2S. The molecule has 0 aliphatic heterocycles. The lowest BCUT2D eigenvalue weighted by molar-refractivity contribution is 0.0983. The Morgan fingerprint density at radius 3 is 2.59 bits per heavy atom. The second-order valence-electron chi connectivity index (χ2n) is 6.32. The zero-order valence-electron chi connectivity index (χ0n) is 16.7. The van der Waals surface area contributed by atoms with Crippen LogP contribution < -0.4 is 9.64 Å². The maximum absolute atomic E-state index is 13.3. The Bertz CT molecular complexity index is 960. The standard InChI is InChI=1S/C21H24ClN3O2S.ClH/c1-4-24(5-2)11-12-25(20(26)15-7-6-8-17(13-15)27-3)21-23-18-10-9-16(22)14-19(18)28-21;/h6-10,13-14H,4-5,11-12H2,1-3H3;1H.